The fourth-order valence-electron chi connectivity index (χ4n) is 4.67. The first kappa shape index (κ1) is 22.2. The van der Waals surface area contributed by atoms with E-state index in [1.54, 1.807) is 12.3 Å². The van der Waals surface area contributed by atoms with Crippen LogP contribution < -0.4 is 15.2 Å². The fraction of sp³-hybridized carbons (Fsp3) is 0.522. The van der Waals surface area contributed by atoms with Crippen molar-refractivity contribution in [2.75, 3.05) is 11.4 Å². The number of alkyl halides is 2. The van der Waals surface area contributed by atoms with Crippen molar-refractivity contribution in [2.24, 2.45) is 0 Å². The summed E-state index contributed by atoms with van der Waals surface area (Å²) >= 11 is 0. The second kappa shape index (κ2) is 8.88. The minimum atomic E-state index is -2.96. The van der Waals surface area contributed by atoms with E-state index >= 15 is 0 Å². The van der Waals surface area contributed by atoms with Crippen molar-refractivity contribution in [1.82, 2.24) is 14.5 Å². The van der Waals surface area contributed by atoms with Gasteiger partial charge in [0.15, 0.2) is 0 Å². The van der Waals surface area contributed by atoms with Gasteiger partial charge in [-0.05, 0) is 38.3 Å². The number of ether oxygens (including phenoxy) is 1. The molecule has 172 valence electrons. The van der Waals surface area contributed by atoms with Crippen molar-refractivity contribution in [3.05, 3.63) is 52.6 Å². The van der Waals surface area contributed by atoms with Crippen molar-refractivity contribution in [1.29, 1.82) is 0 Å². The van der Waals surface area contributed by atoms with Gasteiger partial charge in [-0.15, -0.1) is 0 Å². The Labute approximate surface area is 185 Å². The van der Waals surface area contributed by atoms with Gasteiger partial charge in [0.05, 0.1) is 23.9 Å². The van der Waals surface area contributed by atoms with Crippen LogP contribution in [0.3, 0.4) is 0 Å². The Morgan fingerprint density at radius 3 is 2.47 bits per heavy atom. The van der Waals surface area contributed by atoms with E-state index in [1.165, 1.54) is 11.0 Å². The van der Waals surface area contributed by atoms with Gasteiger partial charge >= 0.3 is 12.6 Å². The highest BCUT2D eigenvalue weighted by molar-refractivity contribution is 5.95. The van der Waals surface area contributed by atoms with Crippen LogP contribution in [0.4, 0.5) is 19.3 Å². The van der Waals surface area contributed by atoms with Crippen molar-refractivity contribution < 1.29 is 18.3 Å². The molecule has 0 bridgehead atoms. The maximum Gasteiger partial charge on any atom is 0.325 e. The molecule has 1 aliphatic heterocycles. The molecule has 2 aromatic heterocycles. The molecule has 0 N–H and O–H groups in total. The normalized spacial score (nSPS) is 18.2. The summed E-state index contributed by atoms with van der Waals surface area (Å²) in [6.45, 7) is 1.68. The minimum Gasteiger partial charge on any atom is -0.475 e. The highest BCUT2D eigenvalue weighted by Gasteiger charge is 2.50. The van der Waals surface area contributed by atoms with Crippen molar-refractivity contribution in [2.45, 2.75) is 70.7 Å². The number of hydrogen-bond donors (Lipinski definition) is 0. The zero-order chi connectivity index (χ0) is 22.9. The number of halogens is 2. The standard InChI is InChI=1S/C23H28F2N4O3/c1-16(2)32-19-8-6-17(12-26-19)13-29-22(31)28(15-23(29)10-4-3-5-11-23)18-7-9-20(30)27(14-18)21(24)25/h6-9,12,14,16,21H,3-5,10-11,13,15H2,1-2H3. The van der Waals surface area contributed by atoms with Crippen LogP contribution in [0.25, 0.3) is 0 Å². The number of nitrogens with zero attached hydrogens (tertiary/aromatic N) is 4. The Hall–Kier alpha value is -2.97. The van der Waals surface area contributed by atoms with E-state index in [1.807, 2.05) is 24.8 Å². The van der Waals surface area contributed by atoms with E-state index in [4.69, 9.17) is 4.74 Å². The molecule has 1 saturated carbocycles. The Kier molecular flexibility index (Phi) is 6.17. The van der Waals surface area contributed by atoms with Crippen LogP contribution in [-0.2, 0) is 6.54 Å². The third kappa shape index (κ3) is 4.33. The average Bonchev–Trinajstić information content (AvgIpc) is 3.01. The number of anilines is 1. The molecule has 32 heavy (non-hydrogen) atoms. The zero-order valence-corrected chi connectivity index (χ0v) is 18.3. The van der Waals surface area contributed by atoms with Crippen LogP contribution in [0.1, 0.15) is 58.1 Å². The van der Waals surface area contributed by atoms with E-state index in [2.05, 4.69) is 4.98 Å². The maximum absolute atomic E-state index is 13.5. The topological polar surface area (TPSA) is 67.7 Å². The van der Waals surface area contributed by atoms with E-state index < -0.39 is 12.1 Å². The van der Waals surface area contributed by atoms with E-state index in [9.17, 15) is 18.4 Å². The Balaban J connectivity index is 1.63. The van der Waals surface area contributed by atoms with E-state index in [0.717, 1.165) is 49.9 Å². The third-order valence-electron chi connectivity index (χ3n) is 6.21. The summed E-state index contributed by atoms with van der Waals surface area (Å²) in [5, 5.41) is 0. The van der Waals surface area contributed by atoms with Crippen LogP contribution in [0.5, 0.6) is 5.88 Å². The molecule has 0 aromatic carbocycles. The molecular formula is C23H28F2N4O3. The molecule has 2 amide bonds. The lowest BCUT2D eigenvalue weighted by molar-refractivity contribution is 0.0664. The van der Waals surface area contributed by atoms with Crippen LogP contribution in [-0.4, -0.2) is 38.7 Å². The number of carbonyl (C=O) groups excluding carboxylic acids is 1. The van der Waals surface area contributed by atoms with Crippen molar-refractivity contribution in [3.8, 4) is 5.88 Å². The molecule has 1 saturated heterocycles. The predicted octanol–water partition coefficient (Wildman–Crippen LogP) is 4.57. The monoisotopic (exact) mass is 446 g/mol. The summed E-state index contributed by atoms with van der Waals surface area (Å²) in [5.41, 5.74) is 0.0168. The SMILES string of the molecule is CC(C)Oc1ccc(CN2C(=O)N(c3ccc(=O)n(C(F)F)c3)CC23CCCCC3)cn1. The molecule has 1 spiro atoms. The third-order valence-corrected chi connectivity index (χ3v) is 6.21. The van der Waals surface area contributed by atoms with Crippen molar-refractivity contribution in [3.63, 3.8) is 0 Å². The van der Waals surface area contributed by atoms with Gasteiger partial charge in [0.25, 0.3) is 5.56 Å². The maximum atomic E-state index is 13.5. The number of carbonyl (C=O) groups is 1. The second-order valence-corrected chi connectivity index (χ2v) is 8.82. The van der Waals surface area contributed by atoms with Gasteiger partial charge in [0.1, 0.15) is 0 Å². The number of amides is 2. The van der Waals surface area contributed by atoms with Gasteiger partial charge in [0.2, 0.25) is 5.88 Å². The molecule has 0 radical (unpaired) electrons. The van der Waals surface area contributed by atoms with Crippen LogP contribution >= 0.6 is 0 Å². The largest absolute Gasteiger partial charge is 0.475 e. The summed E-state index contributed by atoms with van der Waals surface area (Å²) in [4.78, 5) is 33.0. The molecule has 0 unspecified atom stereocenters. The highest BCUT2D eigenvalue weighted by atomic mass is 19.3. The smallest absolute Gasteiger partial charge is 0.325 e. The van der Waals surface area contributed by atoms with Crippen molar-refractivity contribution >= 4 is 11.7 Å². The minimum absolute atomic E-state index is 0.0177. The van der Waals surface area contributed by atoms with E-state index in [0.29, 0.717) is 29.2 Å². The van der Waals surface area contributed by atoms with Crippen LogP contribution in [0.15, 0.2) is 41.5 Å². The molecule has 2 aromatic rings. The molecule has 7 nitrogen and oxygen atoms in total. The first-order valence-electron chi connectivity index (χ1n) is 11.0. The van der Waals surface area contributed by atoms with E-state index in [-0.39, 0.29) is 17.7 Å². The predicted molar refractivity (Wildman–Crippen MR) is 116 cm³/mol. The van der Waals surface area contributed by atoms with Gasteiger partial charge < -0.3 is 9.64 Å². The van der Waals surface area contributed by atoms with Crippen LogP contribution in [0, 0.1) is 0 Å². The second-order valence-electron chi connectivity index (χ2n) is 8.82. The lowest BCUT2D eigenvalue weighted by Crippen LogP contribution is -2.48. The Bertz CT molecular complexity index is 1020. The number of aromatic nitrogens is 2. The lowest BCUT2D eigenvalue weighted by Gasteiger charge is -2.40. The molecular weight excluding hydrogens is 418 g/mol. The molecule has 2 aliphatic rings. The summed E-state index contributed by atoms with van der Waals surface area (Å²) in [7, 11) is 0. The quantitative estimate of drug-likeness (QED) is 0.652. The molecule has 0 atom stereocenters. The summed E-state index contributed by atoms with van der Waals surface area (Å²) in [6, 6.07) is 5.98. The Morgan fingerprint density at radius 1 is 1.09 bits per heavy atom. The van der Waals surface area contributed by atoms with Gasteiger partial charge in [-0.3, -0.25) is 14.3 Å². The van der Waals surface area contributed by atoms with Gasteiger partial charge in [-0.2, -0.15) is 8.78 Å². The number of hydrogen-bond acceptors (Lipinski definition) is 4. The first-order valence-corrected chi connectivity index (χ1v) is 11.0. The molecule has 1 aliphatic carbocycles. The van der Waals surface area contributed by atoms with Crippen LogP contribution in [0.2, 0.25) is 0 Å². The number of urea groups is 1. The summed E-state index contributed by atoms with van der Waals surface area (Å²) in [6.07, 6.45) is 7.64. The first-order chi connectivity index (χ1) is 15.3. The van der Waals surface area contributed by atoms with Gasteiger partial charge in [0, 0.05) is 31.1 Å². The Morgan fingerprint density at radius 2 is 1.84 bits per heavy atom. The number of rotatable bonds is 6. The summed E-state index contributed by atoms with van der Waals surface area (Å²) < 4.78 is 32.4. The fourth-order valence-corrected chi connectivity index (χ4v) is 4.67. The van der Waals surface area contributed by atoms with Gasteiger partial charge in [-0.25, -0.2) is 9.78 Å². The zero-order valence-electron chi connectivity index (χ0n) is 18.3. The molecule has 9 heteroatoms. The molecule has 2 fully saturated rings. The lowest BCUT2D eigenvalue weighted by atomic mass is 9.81. The highest BCUT2D eigenvalue weighted by Crippen LogP contribution is 2.41. The van der Waals surface area contributed by atoms with Gasteiger partial charge in [-0.1, -0.05) is 25.3 Å². The molecule has 4 rings (SSSR count). The number of pyridine rings is 2. The summed E-state index contributed by atoms with van der Waals surface area (Å²) in [5.74, 6) is 0.528. The molecule has 3 heterocycles. The average molecular weight is 446 g/mol.